The summed E-state index contributed by atoms with van der Waals surface area (Å²) in [5.41, 5.74) is 0.180. The van der Waals surface area contributed by atoms with Gasteiger partial charge < -0.3 is 0 Å². The number of thiophene rings is 1. The average molecular weight is 336 g/mol. The highest BCUT2D eigenvalue weighted by Gasteiger charge is 2.40. The van der Waals surface area contributed by atoms with Crippen molar-refractivity contribution in [3.05, 3.63) is 21.3 Å². The zero-order chi connectivity index (χ0) is 12.6. The minimum atomic E-state index is 0.180. The Morgan fingerprint density at radius 3 is 2.65 bits per heavy atom. The molecule has 1 aliphatic rings. The molecule has 1 aromatic heterocycles. The lowest BCUT2D eigenvalue weighted by Crippen LogP contribution is -2.38. The molecule has 96 valence electrons. The fourth-order valence-electron chi connectivity index (χ4n) is 3.05. The van der Waals surface area contributed by atoms with Gasteiger partial charge in [0.05, 0.1) is 5.02 Å². The Bertz CT molecular complexity index is 385. The fourth-order valence-corrected chi connectivity index (χ4v) is 6.10. The van der Waals surface area contributed by atoms with Crippen molar-refractivity contribution in [1.82, 2.24) is 0 Å². The first-order valence-electron chi connectivity index (χ1n) is 6.30. The molecule has 0 aromatic carbocycles. The van der Waals surface area contributed by atoms with E-state index in [0.717, 1.165) is 10.9 Å². The predicted octanol–water partition coefficient (Wildman–Crippen LogP) is 5.88. The van der Waals surface area contributed by atoms with Crippen molar-refractivity contribution in [1.29, 1.82) is 0 Å². The van der Waals surface area contributed by atoms with Gasteiger partial charge in [0.2, 0.25) is 0 Å². The zero-order valence-electron chi connectivity index (χ0n) is 10.7. The number of rotatable bonds is 2. The quantitative estimate of drug-likeness (QED) is 0.592. The highest BCUT2D eigenvalue weighted by atomic mass is 79.9. The van der Waals surface area contributed by atoms with E-state index in [2.05, 4.69) is 42.1 Å². The van der Waals surface area contributed by atoms with Crippen molar-refractivity contribution in [2.75, 3.05) is 0 Å². The maximum atomic E-state index is 6.32. The van der Waals surface area contributed by atoms with Gasteiger partial charge in [0.25, 0.3) is 0 Å². The summed E-state index contributed by atoms with van der Waals surface area (Å²) in [7, 11) is 0. The monoisotopic (exact) mass is 334 g/mol. The second-order valence-corrected chi connectivity index (χ2v) is 8.36. The zero-order valence-corrected chi connectivity index (χ0v) is 13.8. The highest BCUT2D eigenvalue weighted by Crippen LogP contribution is 2.48. The van der Waals surface area contributed by atoms with Gasteiger partial charge in [0, 0.05) is 15.1 Å². The molecule has 0 radical (unpaired) electrons. The predicted molar refractivity (Wildman–Crippen MR) is 81.6 cm³/mol. The first-order valence-corrected chi connectivity index (χ1v) is 8.47. The smallest absolute Gasteiger partial charge is 0.0550 e. The van der Waals surface area contributed by atoms with Gasteiger partial charge in [0.15, 0.2) is 0 Å². The first-order chi connectivity index (χ1) is 7.93. The van der Waals surface area contributed by atoms with Crippen molar-refractivity contribution < 1.29 is 0 Å². The molecule has 1 fully saturated rings. The minimum Gasteiger partial charge on any atom is -0.147 e. The van der Waals surface area contributed by atoms with Gasteiger partial charge in [-0.25, -0.2) is 0 Å². The molecule has 17 heavy (non-hydrogen) atoms. The molecule has 1 aromatic rings. The Morgan fingerprint density at radius 1 is 1.41 bits per heavy atom. The van der Waals surface area contributed by atoms with E-state index in [1.54, 1.807) is 11.3 Å². The van der Waals surface area contributed by atoms with E-state index in [0.29, 0.717) is 10.7 Å². The van der Waals surface area contributed by atoms with Crippen LogP contribution in [0.15, 0.2) is 11.4 Å². The number of hydrogen-bond acceptors (Lipinski definition) is 1. The summed E-state index contributed by atoms with van der Waals surface area (Å²) in [6.07, 6.45) is 3.94. The molecular formula is C14H20BrClS. The van der Waals surface area contributed by atoms with Gasteiger partial charge in [-0.15, -0.1) is 11.3 Å². The highest BCUT2D eigenvalue weighted by molar-refractivity contribution is 9.09. The van der Waals surface area contributed by atoms with Crippen LogP contribution in [-0.2, 0) is 5.41 Å². The van der Waals surface area contributed by atoms with Crippen LogP contribution in [0.5, 0.6) is 0 Å². The molecule has 0 amide bonds. The SMILES string of the molecule is CC1CCC(C(C)(C)c2sccc2Cl)C(Br)C1. The van der Waals surface area contributed by atoms with Crippen LogP contribution in [0.25, 0.3) is 0 Å². The van der Waals surface area contributed by atoms with E-state index < -0.39 is 0 Å². The van der Waals surface area contributed by atoms with Crippen LogP contribution in [-0.4, -0.2) is 4.83 Å². The minimum absolute atomic E-state index is 0.180. The van der Waals surface area contributed by atoms with Crippen LogP contribution >= 0.6 is 38.9 Å². The van der Waals surface area contributed by atoms with Crippen LogP contribution in [0, 0.1) is 11.8 Å². The summed E-state index contributed by atoms with van der Waals surface area (Å²) in [5, 5.41) is 3.05. The topological polar surface area (TPSA) is 0 Å². The maximum Gasteiger partial charge on any atom is 0.0550 e. The summed E-state index contributed by atoms with van der Waals surface area (Å²) >= 11 is 12.0. The Balaban J connectivity index is 2.24. The molecule has 1 aliphatic carbocycles. The Hall–Kier alpha value is 0.470. The number of hydrogen-bond donors (Lipinski definition) is 0. The first kappa shape index (κ1) is 13.9. The lowest BCUT2D eigenvalue weighted by atomic mass is 9.68. The molecule has 0 nitrogen and oxygen atoms in total. The molecule has 3 atom stereocenters. The van der Waals surface area contributed by atoms with Crippen LogP contribution < -0.4 is 0 Å². The van der Waals surface area contributed by atoms with E-state index in [-0.39, 0.29) is 5.41 Å². The largest absolute Gasteiger partial charge is 0.147 e. The molecule has 1 saturated carbocycles. The Labute approximate surface area is 122 Å². The summed E-state index contributed by atoms with van der Waals surface area (Å²) in [5.74, 6) is 1.54. The van der Waals surface area contributed by atoms with E-state index in [1.165, 1.54) is 24.1 Å². The summed E-state index contributed by atoms with van der Waals surface area (Å²) in [4.78, 5) is 1.97. The van der Waals surface area contributed by atoms with Crippen molar-refractivity contribution in [3.63, 3.8) is 0 Å². The fraction of sp³-hybridized carbons (Fsp3) is 0.714. The second kappa shape index (κ2) is 5.22. The molecule has 2 rings (SSSR count). The standard InChI is InChI=1S/C14H20BrClS/c1-9-4-5-10(11(15)8-9)14(2,3)13-12(16)6-7-17-13/h6-7,9-11H,4-5,8H2,1-3H3. The van der Waals surface area contributed by atoms with E-state index in [9.17, 15) is 0 Å². The van der Waals surface area contributed by atoms with E-state index >= 15 is 0 Å². The van der Waals surface area contributed by atoms with Gasteiger partial charge in [0.1, 0.15) is 0 Å². The van der Waals surface area contributed by atoms with Crippen molar-refractivity contribution in [3.8, 4) is 0 Å². The van der Waals surface area contributed by atoms with Crippen LogP contribution in [0.1, 0.15) is 44.9 Å². The molecule has 0 N–H and O–H groups in total. The van der Waals surface area contributed by atoms with Crippen LogP contribution in [0.3, 0.4) is 0 Å². The molecule has 0 aliphatic heterocycles. The third-order valence-corrected chi connectivity index (χ3v) is 6.86. The van der Waals surface area contributed by atoms with Gasteiger partial charge in [-0.2, -0.15) is 0 Å². The summed E-state index contributed by atoms with van der Waals surface area (Å²) in [6, 6.07) is 2.03. The Kier molecular flexibility index (Phi) is 4.27. The lowest BCUT2D eigenvalue weighted by molar-refractivity contribution is 0.217. The average Bonchev–Trinajstić information content (AvgIpc) is 2.64. The maximum absolute atomic E-state index is 6.32. The molecule has 1 heterocycles. The van der Waals surface area contributed by atoms with E-state index in [4.69, 9.17) is 11.6 Å². The van der Waals surface area contributed by atoms with Crippen LogP contribution in [0.4, 0.5) is 0 Å². The van der Waals surface area contributed by atoms with Gasteiger partial charge in [-0.1, -0.05) is 54.7 Å². The molecule has 3 unspecified atom stereocenters. The van der Waals surface area contributed by atoms with Gasteiger partial charge >= 0.3 is 0 Å². The molecule has 3 heteroatoms. The number of alkyl halides is 1. The molecule has 0 saturated heterocycles. The van der Waals surface area contributed by atoms with Gasteiger partial charge in [-0.3, -0.25) is 0 Å². The van der Waals surface area contributed by atoms with Crippen molar-refractivity contribution in [2.45, 2.75) is 50.3 Å². The van der Waals surface area contributed by atoms with E-state index in [1.807, 2.05) is 6.07 Å². The molecule has 0 bridgehead atoms. The van der Waals surface area contributed by atoms with Crippen molar-refractivity contribution in [2.24, 2.45) is 11.8 Å². The third-order valence-electron chi connectivity index (χ3n) is 4.16. The van der Waals surface area contributed by atoms with Crippen LogP contribution in [0.2, 0.25) is 5.02 Å². The summed E-state index contributed by atoms with van der Waals surface area (Å²) < 4.78 is 0. The lowest BCUT2D eigenvalue weighted by Gasteiger charge is -2.41. The molecular weight excluding hydrogens is 316 g/mol. The normalized spacial score (nSPS) is 30.5. The molecule has 0 spiro atoms. The number of halogens is 2. The van der Waals surface area contributed by atoms with Gasteiger partial charge in [-0.05, 0) is 36.1 Å². The third kappa shape index (κ3) is 2.74. The second-order valence-electron chi connectivity index (χ2n) is 5.86. The summed E-state index contributed by atoms with van der Waals surface area (Å²) in [6.45, 7) is 7.05. The Morgan fingerprint density at radius 2 is 2.12 bits per heavy atom. The van der Waals surface area contributed by atoms with Crippen molar-refractivity contribution >= 4 is 38.9 Å².